The fraction of sp³-hybridized carbons (Fsp3) is 0.0952. The monoisotopic (exact) mass is 357 g/mol. The predicted molar refractivity (Wildman–Crippen MR) is 107 cm³/mol. The van der Waals surface area contributed by atoms with Crippen molar-refractivity contribution < 1.29 is 4.79 Å². The van der Waals surface area contributed by atoms with Crippen LogP contribution in [0.5, 0.6) is 0 Å². The molecule has 6 nitrogen and oxygen atoms in total. The molecular weight excluding hydrogens is 338 g/mol. The van der Waals surface area contributed by atoms with Crippen molar-refractivity contribution >= 4 is 28.8 Å². The Balaban J connectivity index is 1.72. The topological polar surface area (TPSA) is 81.0 Å². The van der Waals surface area contributed by atoms with Gasteiger partial charge in [0.25, 0.3) is 5.91 Å². The molecule has 1 heterocycles. The van der Waals surface area contributed by atoms with Crippen LogP contribution in [-0.2, 0) is 0 Å². The molecule has 0 fully saturated rings. The highest BCUT2D eigenvalue weighted by atomic mass is 16.1. The molecule has 1 aromatic heterocycles. The van der Waals surface area contributed by atoms with Gasteiger partial charge in [-0.3, -0.25) is 4.79 Å². The Morgan fingerprint density at radius 1 is 1.04 bits per heavy atom. The third-order valence-electron chi connectivity index (χ3n) is 3.93. The normalized spacial score (nSPS) is 9.96. The van der Waals surface area contributed by atoms with E-state index in [-0.39, 0.29) is 5.91 Å². The number of nitriles is 1. The first-order chi connectivity index (χ1) is 13.0. The zero-order valence-electron chi connectivity index (χ0n) is 15.1. The van der Waals surface area contributed by atoms with Crippen molar-refractivity contribution in [2.75, 3.05) is 29.6 Å². The lowest BCUT2D eigenvalue weighted by molar-refractivity contribution is 0.102. The second-order valence-corrected chi connectivity index (χ2v) is 6.14. The lowest BCUT2D eigenvalue weighted by Crippen LogP contribution is -2.12. The van der Waals surface area contributed by atoms with Crippen LogP contribution in [0.3, 0.4) is 0 Å². The van der Waals surface area contributed by atoms with Crippen LogP contribution in [-0.4, -0.2) is 25.0 Å². The van der Waals surface area contributed by atoms with E-state index in [4.69, 9.17) is 5.26 Å². The van der Waals surface area contributed by atoms with Crippen molar-refractivity contribution in [1.82, 2.24) is 4.98 Å². The average Bonchev–Trinajstić information content (AvgIpc) is 2.68. The third-order valence-corrected chi connectivity index (χ3v) is 3.93. The summed E-state index contributed by atoms with van der Waals surface area (Å²) in [5, 5.41) is 14.9. The van der Waals surface area contributed by atoms with Crippen LogP contribution in [0.1, 0.15) is 15.9 Å². The highest BCUT2D eigenvalue weighted by Gasteiger charge is 2.08. The van der Waals surface area contributed by atoms with Crippen LogP contribution < -0.4 is 15.5 Å². The predicted octanol–water partition coefficient (Wildman–Crippen LogP) is 4.02. The summed E-state index contributed by atoms with van der Waals surface area (Å²) in [4.78, 5) is 18.8. The van der Waals surface area contributed by atoms with E-state index < -0.39 is 0 Å². The van der Waals surface area contributed by atoms with Crippen LogP contribution in [0.4, 0.5) is 22.9 Å². The van der Waals surface area contributed by atoms with Gasteiger partial charge in [0.1, 0.15) is 5.82 Å². The summed E-state index contributed by atoms with van der Waals surface area (Å²) in [6.45, 7) is 0. The van der Waals surface area contributed by atoms with Crippen LogP contribution in [0.15, 0.2) is 66.9 Å². The molecule has 0 atom stereocenters. The molecule has 6 heteroatoms. The van der Waals surface area contributed by atoms with Crippen LogP contribution in [0, 0.1) is 11.3 Å². The van der Waals surface area contributed by atoms with Crippen LogP contribution in [0.25, 0.3) is 0 Å². The molecule has 0 bridgehead atoms. The second kappa shape index (κ2) is 8.02. The number of carbonyl (C=O) groups excluding carboxylic acids is 1. The number of hydrogen-bond acceptors (Lipinski definition) is 5. The highest BCUT2D eigenvalue weighted by Crippen LogP contribution is 2.20. The Hall–Kier alpha value is -3.85. The van der Waals surface area contributed by atoms with E-state index in [0.29, 0.717) is 22.6 Å². The molecular formula is C21H19N5O. The van der Waals surface area contributed by atoms with Gasteiger partial charge in [-0.25, -0.2) is 4.98 Å². The minimum Gasteiger partial charge on any atom is -0.378 e. The van der Waals surface area contributed by atoms with E-state index in [1.807, 2.05) is 43.3 Å². The molecule has 134 valence electrons. The van der Waals surface area contributed by atoms with Gasteiger partial charge in [0, 0.05) is 42.9 Å². The molecule has 27 heavy (non-hydrogen) atoms. The Bertz CT molecular complexity index is 990. The number of pyridine rings is 1. The van der Waals surface area contributed by atoms with E-state index in [1.54, 1.807) is 42.6 Å². The summed E-state index contributed by atoms with van der Waals surface area (Å²) >= 11 is 0. The van der Waals surface area contributed by atoms with Gasteiger partial charge in [0.15, 0.2) is 0 Å². The number of benzene rings is 2. The van der Waals surface area contributed by atoms with E-state index >= 15 is 0 Å². The summed E-state index contributed by atoms with van der Waals surface area (Å²) < 4.78 is 0. The number of carbonyl (C=O) groups is 1. The van der Waals surface area contributed by atoms with Crippen LogP contribution >= 0.6 is 0 Å². The standard InChI is InChI=1S/C21H19N5O/c1-26(2)19-8-6-17(7-9-19)24-20-13-16(10-11-23-20)21(27)25-18-5-3-4-15(12-18)14-22/h3-13H,1-2H3,(H,23,24)(H,25,27). The van der Waals surface area contributed by atoms with Crippen molar-refractivity contribution in [3.05, 3.63) is 78.0 Å². The molecule has 0 spiro atoms. The zero-order valence-corrected chi connectivity index (χ0v) is 15.1. The molecule has 1 amide bonds. The number of nitrogens with zero attached hydrogens (tertiary/aromatic N) is 3. The first kappa shape index (κ1) is 18.0. The largest absolute Gasteiger partial charge is 0.378 e. The minimum absolute atomic E-state index is 0.265. The maximum atomic E-state index is 12.5. The van der Waals surface area contributed by atoms with Gasteiger partial charge < -0.3 is 15.5 Å². The minimum atomic E-state index is -0.265. The molecule has 0 aliphatic rings. The summed E-state index contributed by atoms with van der Waals surface area (Å²) in [7, 11) is 3.97. The smallest absolute Gasteiger partial charge is 0.255 e. The lowest BCUT2D eigenvalue weighted by atomic mass is 10.2. The first-order valence-corrected chi connectivity index (χ1v) is 8.37. The van der Waals surface area contributed by atoms with E-state index in [0.717, 1.165) is 11.4 Å². The average molecular weight is 357 g/mol. The Morgan fingerprint density at radius 2 is 1.81 bits per heavy atom. The molecule has 0 aliphatic heterocycles. The van der Waals surface area contributed by atoms with Crippen molar-refractivity contribution in [3.8, 4) is 6.07 Å². The summed E-state index contributed by atoms with van der Waals surface area (Å²) in [5.74, 6) is 0.310. The van der Waals surface area contributed by atoms with E-state index in [1.165, 1.54) is 0 Å². The SMILES string of the molecule is CN(C)c1ccc(Nc2cc(C(=O)Nc3cccc(C#N)c3)ccn2)cc1. The Labute approximate surface area is 158 Å². The fourth-order valence-electron chi connectivity index (χ4n) is 2.50. The lowest BCUT2D eigenvalue weighted by Gasteiger charge is -2.13. The number of aromatic nitrogens is 1. The second-order valence-electron chi connectivity index (χ2n) is 6.14. The van der Waals surface area contributed by atoms with Gasteiger partial charge in [-0.2, -0.15) is 5.26 Å². The number of anilines is 4. The summed E-state index contributed by atoms with van der Waals surface area (Å²) in [6.07, 6.45) is 1.58. The van der Waals surface area contributed by atoms with Gasteiger partial charge in [-0.15, -0.1) is 0 Å². The van der Waals surface area contributed by atoms with E-state index in [9.17, 15) is 4.79 Å². The van der Waals surface area contributed by atoms with Crippen molar-refractivity contribution in [2.45, 2.75) is 0 Å². The molecule has 0 radical (unpaired) electrons. The molecule has 2 aromatic carbocycles. The van der Waals surface area contributed by atoms with Crippen molar-refractivity contribution in [3.63, 3.8) is 0 Å². The molecule has 3 rings (SSSR count). The van der Waals surface area contributed by atoms with Gasteiger partial charge in [-0.1, -0.05) is 6.07 Å². The maximum Gasteiger partial charge on any atom is 0.255 e. The van der Waals surface area contributed by atoms with Crippen LogP contribution in [0.2, 0.25) is 0 Å². The molecule has 0 saturated carbocycles. The van der Waals surface area contributed by atoms with Gasteiger partial charge in [-0.05, 0) is 54.6 Å². The molecule has 2 N–H and O–H groups in total. The van der Waals surface area contributed by atoms with Gasteiger partial charge in [0.2, 0.25) is 0 Å². The summed E-state index contributed by atoms with van der Waals surface area (Å²) in [5.41, 5.74) is 3.52. The van der Waals surface area contributed by atoms with Crippen molar-refractivity contribution in [1.29, 1.82) is 5.26 Å². The summed E-state index contributed by atoms with van der Waals surface area (Å²) in [6, 6.07) is 20.1. The molecule has 3 aromatic rings. The number of hydrogen-bond donors (Lipinski definition) is 2. The maximum absolute atomic E-state index is 12.5. The third kappa shape index (κ3) is 4.61. The number of amides is 1. The molecule has 0 aliphatic carbocycles. The zero-order chi connectivity index (χ0) is 19.2. The number of nitrogens with one attached hydrogen (secondary N) is 2. The number of rotatable bonds is 5. The van der Waals surface area contributed by atoms with Gasteiger partial charge in [0.05, 0.1) is 11.6 Å². The Kier molecular flexibility index (Phi) is 5.33. The van der Waals surface area contributed by atoms with E-state index in [2.05, 4.69) is 21.7 Å². The quantitative estimate of drug-likeness (QED) is 0.721. The highest BCUT2D eigenvalue weighted by molar-refractivity contribution is 6.04. The molecule has 0 saturated heterocycles. The van der Waals surface area contributed by atoms with Crippen molar-refractivity contribution in [2.24, 2.45) is 0 Å². The molecule has 0 unspecified atom stereocenters. The first-order valence-electron chi connectivity index (χ1n) is 8.37. The van der Waals surface area contributed by atoms with Gasteiger partial charge >= 0.3 is 0 Å². The Morgan fingerprint density at radius 3 is 2.52 bits per heavy atom. The fourth-order valence-corrected chi connectivity index (χ4v) is 2.50.